The number of quaternary nitrogens is 1. The monoisotopic (exact) mass is 319 g/mol. The predicted molar refractivity (Wildman–Crippen MR) is 92.6 cm³/mol. The molecule has 4 nitrogen and oxygen atoms in total. The molecule has 1 aliphatic heterocycles. The summed E-state index contributed by atoms with van der Waals surface area (Å²) in [6, 6.07) is 8.58. The number of amides is 1. The van der Waals surface area contributed by atoms with Gasteiger partial charge in [0, 0.05) is 30.4 Å². The van der Waals surface area contributed by atoms with Gasteiger partial charge in [0.2, 0.25) is 5.91 Å². The van der Waals surface area contributed by atoms with Crippen LogP contribution in [-0.2, 0) is 11.3 Å². The van der Waals surface area contributed by atoms with Crippen molar-refractivity contribution < 1.29 is 14.4 Å². The number of carbonyl (C=O) groups excluding carboxylic acids is 1. The Morgan fingerprint density at radius 3 is 2.65 bits per heavy atom. The molecule has 0 unspecified atom stereocenters. The maximum atomic E-state index is 12.2. The van der Waals surface area contributed by atoms with Crippen LogP contribution in [0.25, 0.3) is 0 Å². The smallest absolute Gasteiger partial charge is 0.223 e. The standard InChI is InChI=1S/C19H30N2O2/c1-4-15(3)20-19(22)16-10-12-21(13-11-16)14-17-8-6-7-9-18(17)23-5-2/h6-9,15-16H,4-5,10-14H2,1-3H3,(H,20,22)/p+1/t15-/m0/s1. The van der Waals surface area contributed by atoms with Crippen LogP contribution >= 0.6 is 0 Å². The van der Waals surface area contributed by atoms with Crippen molar-refractivity contribution in [3.8, 4) is 5.75 Å². The van der Waals surface area contributed by atoms with E-state index in [-0.39, 0.29) is 17.9 Å². The molecule has 2 rings (SSSR count). The second-order valence-electron chi connectivity index (χ2n) is 6.56. The Labute approximate surface area is 140 Å². The summed E-state index contributed by atoms with van der Waals surface area (Å²) in [7, 11) is 0. The lowest BCUT2D eigenvalue weighted by molar-refractivity contribution is -0.919. The van der Waals surface area contributed by atoms with Crippen molar-refractivity contribution in [3.05, 3.63) is 29.8 Å². The maximum Gasteiger partial charge on any atom is 0.223 e. The van der Waals surface area contributed by atoms with Gasteiger partial charge in [0.05, 0.1) is 19.7 Å². The molecule has 1 aliphatic rings. The zero-order chi connectivity index (χ0) is 16.7. The first-order valence-corrected chi connectivity index (χ1v) is 8.98. The molecular weight excluding hydrogens is 288 g/mol. The van der Waals surface area contributed by atoms with Gasteiger partial charge in [0.15, 0.2) is 0 Å². The molecule has 0 aromatic heterocycles. The zero-order valence-corrected chi connectivity index (χ0v) is 14.7. The fraction of sp³-hybridized carbons (Fsp3) is 0.632. The summed E-state index contributed by atoms with van der Waals surface area (Å²) in [5.41, 5.74) is 1.27. The van der Waals surface area contributed by atoms with E-state index in [0.717, 1.165) is 44.6 Å². The molecule has 4 heteroatoms. The summed E-state index contributed by atoms with van der Waals surface area (Å²) in [5.74, 6) is 1.43. The summed E-state index contributed by atoms with van der Waals surface area (Å²) in [5, 5.41) is 3.12. The fourth-order valence-electron chi connectivity index (χ4n) is 3.14. The lowest BCUT2D eigenvalue weighted by Gasteiger charge is -2.29. The molecule has 0 saturated carbocycles. The molecule has 23 heavy (non-hydrogen) atoms. The van der Waals surface area contributed by atoms with Crippen LogP contribution in [0.5, 0.6) is 5.75 Å². The molecule has 1 saturated heterocycles. The normalized spacial score (nSPS) is 22.4. The molecule has 2 N–H and O–H groups in total. The Bertz CT molecular complexity index is 496. The minimum absolute atomic E-state index is 0.190. The van der Waals surface area contributed by atoms with Gasteiger partial charge in [-0.2, -0.15) is 0 Å². The third-order valence-electron chi connectivity index (χ3n) is 4.78. The summed E-state index contributed by atoms with van der Waals surface area (Å²) in [4.78, 5) is 13.8. The highest BCUT2D eigenvalue weighted by atomic mass is 16.5. The zero-order valence-electron chi connectivity index (χ0n) is 14.7. The highest BCUT2D eigenvalue weighted by Gasteiger charge is 2.28. The highest BCUT2D eigenvalue weighted by molar-refractivity contribution is 5.78. The second-order valence-corrected chi connectivity index (χ2v) is 6.56. The van der Waals surface area contributed by atoms with Crippen LogP contribution in [0.1, 0.15) is 45.6 Å². The van der Waals surface area contributed by atoms with Crippen molar-refractivity contribution in [1.82, 2.24) is 5.32 Å². The first kappa shape index (κ1) is 17.8. The van der Waals surface area contributed by atoms with Crippen molar-refractivity contribution in [3.63, 3.8) is 0 Å². The Hall–Kier alpha value is -1.55. The molecule has 1 heterocycles. The molecule has 0 aliphatic carbocycles. The fourth-order valence-corrected chi connectivity index (χ4v) is 3.14. The molecule has 1 atom stereocenters. The van der Waals surface area contributed by atoms with E-state index in [4.69, 9.17) is 4.74 Å². The van der Waals surface area contributed by atoms with E-state index < -0.39 is 0 Å². The van der Waals surface area contributed by atoms with Crippen molar-refractivity contribution in [2.75, 3.05) is 19.7 Å². The Morgan fingerprint density at radius 1 is 1.30 bits per heavy atom. The lowest BCUT2D eigenvalue weighted by atomic mass is 9.95. The topological polar surface area (TPSA) is 42.8 Å². The molecule has 0 spiro atoms. The van der Waals surface area contributed by atoms with Gasteiger partial charge in [0.25, 0.3) is 0 Å². The molecule has 0 radical (unpaired) electrons. The van der Waals surface area contributed by atoms with Crippen molar-refractivity contribution >= 4 is 5.91 Å². The van der Waals surface area contributed by atoms with Crippen LogP contribution in [0.15, 0.2) is 24.3 Å². The number of ether oxygens (including phenoxy) is 1. The SMILES string of the molecule is CCOc1ccccc1C[NH+]1CCC(C(=O)N[C@@H](C)CC)CC1. The number of likely N-dealkylation sites (tertiary alicyclic amines) is 1. The summed E-state index contributed by atoms with van der Waals surface area (Å²) < 4.78 is 5.72. The molecule has 1 aromatic carbocycles. The second kappa shape index (κ2) is 8.92. The van der Waals surface area contributed by atoms with E-state index in [1.165, 1.54) is 5.56 Å². The van der Waals surface area contributed by atoms with E-state index in [0.29, 0.717) is 6.61 Å². The predicted octanol–water partition coefficient (Wildman–Crippen LogP) is 1.79. The minimum Gasteiger partial charge on any atom is -0.493 e. The third-order valence-corrected chi connectivity index (χ3v) is 4.78. The van der Waals surface area contributed by atoms with Gasteiger partial charge in [-0.1, -0.05) is 19.1 Å². The average Bonchev–Trinajstić information content (AvgIpc) is 2.57. The Balaban J connectivity index is 1.84. The number of para-hydroxylation sites is 1. The molecule has 1 amide bonds. The Kier molecular flexibility index (Phi) is 6.90. The first-order chi connectivity index (χ1) is 11.1. The van der Waals surface area contributed by atoms with Crippen LogP contribution < -0.4 is 15.0 Å². The quantitative estimate of drug-likeness (QED) is 0.805. The number of rotatable bonds is 7. The molecule has 1 fully saturated rings. The number of hydrogen-bond acceptors (Lipinski definition) is 2. The van der Waals surface area contributed by atoms with Gasteiger partial charge in [-0.25, -0.2) is 0 Å². The molecule has 1 aromatic rings. The molecule has 128 valence electrons. The Morgan fingerprint density at radius 2 is 2.00 bits per heavy atom. The maximum absolute atomic E-state index is 12.2. The van der Waals surface area contributed by atoms with E-state index in [1.807, 2.05) is 19.1 Å². The van der Waals surface area contributed by atoms with Crippen LogP contribution in [-0.4, -0.2) is 31.6 Å². The van der Waals surface area contributed by atoms with E-state index in [2.05, 4.69) is 31.3 Å². The van der Waals surface area contributed by atoms with Gasteiger partial charge in [0.1, 0.15) is 12.3 Å². The van der Waals surface area contributed by atoms with Crippen LogP contribution in [0, 0.1) is 5.92 Å². The molecular formula is C19H31N2O2+. The number of carbonyl (C=O) groups is 1. The van der Waals surface area contributed by atoms with Crippen molar-refractivity contribution in [2.24, 2.45) is 5.92 Å². The highest BCUT2D eigenvalue weighted by Crippen LogP contribution is 2.17. The van der Waals surface area contributed by atoms with E-state index in [1.54, 1.807) is 4.90 Å². The summed E-state index contributed by atoms with van der Waals surface area (Å²) in [6.45, 7) is 9.99. The van der Waals surface area contributed by atoms with Gasteiger partial charge in [-0.15, -0.1) is 0 Å². The van der Waals surface area contributed by atoms with Gasteiger partial charge < -0.3 is 15.0 Å². The summed E-state index contributed by atoms with van der Waals surface area (Å²) in [6.07, 6.45) is 2.95. The summed E-state index contributed by atoms with van der Waals surface area (Å²) >= 11 is 0. The van der Waals surface area contributed by atoms with Gasteiger partial charge >= 0.3 is 0 Å². The van der Waals surface area contributed by atoms with E-state index >= 15 is 0 Å². The van der Waals surface area contributed by atoms with Crippen LogP contribution in [0.2, 0.25) is 0 Å². The minimum atomic E-state index is 0.190. The number of piperidine rings is 1. The first-order valence-electron chi connectivity index (χ1n) is 8.98. The lowest BCUT2D eigenvalue weighted by Crippen LogP contribution is -3.11. The number of nitrogens with one attached hydrogen (secondary N) is 2. The third kappa shape index (κ3) is 5.24. The van der Waals surface area contributed by atoms with E-state index in [9.17, 15) is 4.79 Å². The number of benzene rings is 1. The van der Waals surface area contributed by atoms with Crippen molar-refractivity contribution in [1.29, 1.82) is 0 Å². The largest absolute Gasteiger partial charge is 0.493 e. The number of hydrogen-bond donors (Lipinski definition) is 2. The average molecular weight is 319 g/mol. The van der Waals surface area contributed by atoms with Crippen LogP contribution in [0.3, 0.4) is 0 Å². The van der Waals surface area contributed by atoms with Gasteiger partial charge in [-0.05, 0) is 32.4 Å². The molecule has 0 bridgehead atoms. The van der Waals surface area contributed by atoms with Gasteiger partial charge in [-0.3, -0.25) is 4.79 Å². The van der Waals surface area contributed by atoms with Crippen LogP contribution in [0.4, 0.5) is 0 Å². The van der Waals surface area contributed by atoms with Crippen molar-refractivity contribution in [2.45, 2.75) is 52.6 Å².